The van der Waals surface area contributed by atoms with Gasteiger partial charge in [-0.2, -0.15) is 5.26 Å². The van der Waals surface area contributed by atoms with E-state index in [9.17, 15) is 23.6 Å². The second kappa shape index (κ2) is 9.38. The number of imidazole rings is 1. The lowest BCUT2D eigenvalue weighted by Gasteiger charge is -2.38. The standard InChI is InChI=1S/C25H27F2N7O3/c1-13-10-33(11-14(2)21(13)27)23-15(8-28)6-18(26)22(31-23)30-16-4-5-19-20(7-16)34(25(36)32(19)3)12-17-9-29-24(35)37-17/h4-7,13-14,17,21H,9-12H2,1-3H3,(H,29,35)(H,30,31)/t13-,14+,17-,21?/m1/s1. The van der Waals surface area contributed by atoms with Gasteiger partial charge < -0.3 is 20.3 Å². The number of pyridine rings is 1. The topological polar surface area (TPSA) is 117 Å². The fourth-order valence-electron chi connectivity index (χ4n) is 5.13. The summed E-state index contributed by atoms with van der Waals surface area (Å²) in [5.41, 5.74) is 1.49. The van der Waals surface area contributed by atoms with E-state index in [-0.39, 0.29) is 35.5 Å². The molecule has 2 aliphatic rings. The number of nitrogens with zero attached hydrogens (tertiary/aromatic N) is 5. The van der Waals surface area contributed by atoms with Gasteiger partial charge in [0, 0.05) is 37.7 Å². The number of alkyl halides is 1. The van der Waals surface area contributed by atoms with Gasteiger partial charge in [-0.05, 0) is 24.3 Å². The summed E-state index contributed by atoms with van der Waals surface area (Å²) < 4.78 is 37.5. The fourth-order valence-corrected chi connectivity index (χ4v) is 5.13. The number of rotatable bonds is 5. The summed E-state index contributed by atoms with van der Waals surface area (Å²) >= 11 is 0. The zero-order chi connectivity index (χ0) is 26.4. The van der Waals surface area contributed by atoms with Gasteiger partial charge in [-0.3, -0.25) is 9.13 Å². The molecule has 3 aromatic rings. The molecular weight excluding hydrogens is 484 g/mol. The third-order valence-electron chi connectivity index (χ3n) is 7.02. The number of halogens is 2. The van der Waals surface area contributed by atoms with E-state index < -0.39 is 24.2 Å². The molecule has 1 unspecified atom stereocenters. The zero-order valence-corrected chi connectivity index (χ0v) is 20.7. The second-order valence-electron chi connectivity index (χ2n) is 9.79. The highest BCUT2D eigenvalue weighted by Gasteiger charge is 2.34. The van der Waals surface area contributed by atoms with E-state index in [1.54, 1.807) is 39.1 Å². The van der Waals surface area contributed by atoms with Gasteiger partial charge in [0.2, 0.25) is 0 Å². The van der Waals surface area contributed by atoms with Crippen molar-refractivity contribution < 1.29 is 18.3 Å². The van der Waals surface area contributed by atoms with Gasteiger partial charge in [0.1, 0.15) is 24.2 Å². The van der Waals surface area contributed by atoms with Crippen molar-refractivity contribution in [2.45, 2.75) is 32.7 Å². The van der Waals surface area contributed by atoms with Crippen molar-refractivity contribution in [2.75, 3.05) is 29.9 Å². The highest BCUT2D eigenvalue weighted by molar-refractivity contribution is 5.81. The molecule has 2 saturated heterocycles. The molecule has 2 aromatic heterocycles. The zero-order valence-electron chi connectivity index (χ0n) is 20.7. The first kappa shape index (κ1) is 24.5. The molecule has 0 bridgehead atoms. The first-order chi connectivity index (χ1) is 17.7. The highest BCUT2D eigenvalue weighted by atomic mass is 19.1. The van der Waals surface area contributed by atoms with Crippen LogP contribution in [0, 0.1) is 29.0 Å². The minimum atomic E-state index is -0.960. The number of aryl methyl sites for hydroxylation is 1. The summed E-state index contributed by atoms with van der Waals surface area (Å²) in [7, 11) is 1.64. The molecule has 10 nitrogen and oxygen atoms in total. The number of piperidine rings is 1. The largest absolute Gasteiger partial charge is 0.442 e. The molecule has 0 aliphatic carbocycles. The predicted molar refractivity (Wildman–Crippen MR) is 133 cm³/mol. The highest BCUT2D eigenvalue weighted by Crippen LogP contribution is 2.32. The lowest BCUT2D eigenvalue weighted by molar-refractivity contribution is 0.131. The van der Waals surface area contributed by atoms with Gasteiger partial charge in [0.15, 0.2) is 11.6 Å². The lowest BCUT2D eigenvalue weighted by atomic mass is 9.89. The van der Waals surface area contributed by atoms with Crippen molar-refractivity contribution in [2.24, 2.45) is 18.9 Å². The van der Waals surface area contributed by atoms with E-state index in [1.807, 2.05) is 11.0 Å². The average molecular weight is 512 g/mol. The number of benzene rings is 1. The smallest absolute Gasteiger partial charge is 0.407 e. The minimum absolute atomic E-state index is 0.0758. The summed E-state index contributed by atoms with van der Waals surface area (Å²) in [5.74, 6) is -1.02. The summed E-state index contributed by atoms with van der Waals surface area (Å²) in [6, 6.07) is 8.24. The molecular formula is C25H27F2N7O3. The predicted octanol–water partition coefficient (Wildman–Crippen LogP) is 3.03. The van der Waals surface area contributed by atoms with Crippen molar-refractivity contribution in [3.05, 3.63) is 46.1 Å². The number of fused-ring (bicyclic) bond motifs is 1. The molecule has 4 atom stereocenters. The molecule has 12 heteroatoms. The number of alkyl carbamates (subject to hydrolysis) is 1. The third-order valence-corrected chi connectivity index (χ3v) is 7.02. The Morgan fingerprint density at radius 1 is 1.22 bits per heavy atom. The molecule has 1 amide bonds. The molecule has 0 saturated carbocycles. The Labute approximate surface area is 211 Å². The van der Waals surface area contributed by atoms with Crippen LogP contribution in [-0.4, -0.2) is 52.1 Å². The number of anilines is 3. The molecule has 2 aliphatic heterocycles. The Morgan fingerprint density at radius 3 is 2.59 bits per heavy atom. The maximum Gasteiger partial charge on any atom is 0.407 e. The maximum atomic E-state index is 15.0. The van der Waals surface area contributed by atoms with Gasteiger partial charge in [-0.25, -0.2) is 23.4 Å². The van der Waals surface area contributed by atoms with Crippen LogP contribution >= 0.6 is 0 Å². The number of carbonyl (C=O) groups is 1. The maximum absolute atomic E-state index is 15.0. The Bertz CT molecular complexity index is 1470. The molecule has 4 heterocycles. The summed E-state index contributed by atoms with van der Waals surface area (Å²) in [6.07, 6.45) is -1.98. The van der Waals surface area contributed by atoms with Crippen molar-refractivity contribution >= 4 is 34.4 Å². The third kappa shape index (κ3) is 4.45. The van der Waals surface area contributed by atoms with Gasteiger partial charge in [-0.15, -0.1) is 0 Å². The molecule has 2 fully saturated rings. The summed E-state index contributed by atoms with van der Waals surface area (Å²) in [6.45, 7) is 4.78. The molecule has 2 N–H and O–H groups in total. The molecule has 5 rings (SSSR count). The molecule has 0 spiro atoms. The average Bonchev–Trinajstić information content (AvgIpc) is 3.39. The van der Waals surface area contributed by atoms with Gasteiger partial charge in [-0.1, -0.05) is 13.8 Å². The number of ether oxygens (including phenoxy) is 1. The normalized spacial score (nSPS) is 23.6. The monoisotopic (exact) mass is 511 g/mol. The number of hydrogen-bond acceptors (Lipinski definition) is 7. The fraction of sp³-hybridized carbons (Fsp3) is 0.440. The number of aromatic nitrogens is 3. The van der Waals surface area contributed by atoms with E-state index in [4.69, 9.17) is 4.74 Å². The number of hydrogen-bond donors (Lipinski definition) is 2. The molecule has 0 radical (unpaired) electrons. The number of nitriles is 1. The molecule has 1 aromatic carbocycles. The van der Waals surface area contributed by atoms with Crippen LogP contribution in [0.1, 0.15) is 19.4 Å². The Hall–Kier alpha value is -4.14. The Kier molecular flexibility index (Phi) is 6.23. The summed E-state index contributed by atoms with van der Waals surface area (Å²) in [4.78, 5) is 30.5. The van der Waals surface area contributed by atoms with Crippen LogP contribution in [0.4, 0.5) is 30.9 Å². The molecule has 37 heavy (non-hydrogen) atoms. The Morgan fingerprint density at radius 2 is 1.95 bits per heavy atom. The number of carbonyl (C=O) groups excluding carboxylic acids is 1. The van der Waals surface area contributed by atoms with E-state index in [2.05, 4.69) is 15.6 Å². The van der Waals surface area contributed by atoms with Crippen LogP contribution in [0.25, 0.3) is 11.0 Å². The van der Waals surface area contributed by atoms with Crippen LogP contribution < -0.4 is 21.2 Å². The SMILES string of the molecule is C[C@@H]1CN(c2nc(Nc3ccc4c(c3)n(C[C@H]3CNC(=O)O3)c(=O)n4C)c(F)cc2C#N)C[C@H](C)C1F. The van der Waals surface area contributed by atoms with Gasteiger partial charge >= 0.3 is 11.8 Å². The van der Waals surface area contributed by atoms with Crippen LogP contribution in [0.3, 0.4) is 0 Å². The van der Waals surface area contributed by atoms with Gasteiger partial charge in [0.25, 0.3) is 0 Å². The van der Waals surface area contributed by atoms with Crippen molar-refractivity contribution in [3.8, 4) is 6.07 Å². The van der Waals surface area contributed by atoms with Gasteiger partial charge in [0.05, 0.1) is 29.7 Å². The van der Waals surface area contributed by atoms with Crippen molar-refractivity contribution in [1.29, 1.82) is 5.26 Å². The van der Waals surface area contributed by atoms with Crippen molar-refractivity contribution in [3.63, 3.8) is 0 Å². The lowest BCUT2D eigenvalue weighted by Crippen LogP contribution is -2.46. The Balaban J connectivity index is 1.48. The minimum Gasteiger partial charge on any atom is -0.442 e. The van der Waals surface area contributed by atoms with E-state index >= 15 is 0 Å². The first-order valence-electron chi connectivity index (χ1n) is 12.1. The van der Waals surface area contributed by atoms with E-state index in [0.717, 1.165) is 6.07 Å². The quantitative estimate of drug-likeness (QED) is 0.541. The van der Waals surface area contributed by atoms with Crippen LogP contribution in [0.15, 0.2) is 29.1 Å². The van der Waals surface area contributed by atoms with Crippen molar-refractivity contribution in [1.82, 2.24) is 19.4 Å². The first-order valence-corrected chi connectivity index (χ1v) is 12.1. The second-order valence-corrected chi connectivity index (χ2v) is 9.79. The van der Waals surface area contributed by atoms with Crippen LogP contribution in [0.5, 0.6) is 0 Å². The number of amides is 1. The van der Waals surface area contributed by atoms with Crippen LogP contribution in [-0.2, 0) is 18.3 Å². The number of cyclic esters (lactones) is 1. The summed E-state index contributed by atoms with van der Waals surface area (Å²) in [5, 5.41) is 15.1. The number of nitrogens with one attached hydrogen (secondary N) is 2. The van der Waals surface area contributed by atoms with Crippen LogP contribution in [0.2, 0.25) is 0 Å². The van der Waals surface area contributed by atoms with E-state index in [0.29, 0.717) is 42.2 Å². The molecule has 194 valence electrons. The van der Waals surface area contributed by atoms with E-state index in [1.165, 1.54) is 9.13 Å².